The number of carbonyl (C=O) groups is 2. The van der Waals surface area contributed by atoms with Crippen LogP contribution >= 0.6 is 12.4 Å². The van der Waals surface area contributed by atoms with E-state index in [1.165, 1.54) is 12.8 Å². The van der Waals surface area contributed by atoms with Crippen LogP contribution in [-0.2, 0) is 4.79 Å². The molecule has 1 heterocycles. The van der Waals surface area contributed by atoms with Gasteiger partial charge in [-0.2, -0.15) is 0 Å². The largest absolute Gasteiger partial charge is 0.339 e. The summed E-state index contributed by atoms with van der Waals surface area (Å²) in [6.45, 7) is 5.29. The third-order valence-electron chi connectivity index (χ3n) is 4.49. The van der Waals surface area contributed by atoms with Crippen molar-refractivity contribution in [1.82, 2.24) is 4.90 Å². The molecule has 0 aliphatic carbocycles. The van der Waals surface area contributed by atoms with E-state index in [-0.39, 0.29) is 36.2 Å². The van der Waals surface area contributed by atoms with E-state index >= 15 is 0 Å². The highest BCUT2D eigenvalue weighted by Gasteiger charge is 2.19. The van der Waals surface area contributed by atoms with Gasteiger partial charge in [0.05, 0.1) is 5.92 Å². The molecule has 5 nitrogen and oxygen atoms in total. The zero-order chi connectivity index (χ0) is 16.8. The zero-order valence-electron chi connectivity index (χ0n) is 14.5. The van der Waals surface area contributed by atoms with Crippen LogP contribution in [0.1, 0.15) is 49.9 Å². The molecule has 1 aromatic carbocycles. The average molecular weight is 354 g/mol. The Morgan fingerprint density at radius 1 is 1.04 bits per heavy atom. The van der Waals surface area contributed by atoms with Gasteiger partial charge in [0, 0.05) is 30.4 Å². The number of nitrogens with one attached hydrogen (secondary N) is 1. The highest BCUT2D eigenvalue weighted by Crippen LogP contribution is 2.16. The van der Waals surface area contributed by atoms with Crippen LogP contribution < -0.4 is 11.1 Å². The summed E-state index contributed by atoms with van der Waals surface area (Å²) in [7, 11) is 0. The van der Waals surface area contributed by atoms with E-state index in [2.05, 4.69) is 5.32 Å². The lowest BCUT2D eigenvalue weighted by atomic mass is 10.0. The fourth-order valence-corrected chi connectivity index (χ4v) is 2.65. The van der Waals surface area contributed by atoms with Gasteiger partial charge in [-0.1, -0.05) is 19.8 Å². The highest BCUT2D eigenvalue weighted by molar-refractivity contribution is 5.96. The lowest BCUT2D eigenvalue weighted by Gasteiger charge is -2.20. The summed E-state index contributed by atoms with van der Waals surface area (Å²) in [4.78, 5) is 26.4. The van der Waals surface area contributed by atoms with Crippen molar-refractivity contribution >= 4 is 29.9 Å². The van der Waals surface area contributed by atoms with Gasteiger partial charge in [-0.25, -0.2) is 0 Å². The second-order valence-corrected chi connectivity index (χ2v) is 6.42. The third kappa shape index (κ3) is 5.49. The molecule has 6 heteroatoms. The van der Waals surface area contributed by atoms with E-state index in [0.29, 0.717) is 11.3 Å². The number of halogens is 1. The maximum atomic E-state index is 12.5. The summed E-state index contributed by atoms with van der Waals surface area (Å²) >= 11 is 0. The Labute approximate surface area is 150 Å². The predicted octanol–water partition coefficient (Wildman–Crippen LogP) is 3.05. The Morgan fingerprint density at radius 2 is 1.58 bits per heavy atom. The van der Waals surface area contributed by atoms with Crippen LogP contribution in [0.3, 0.4) is 0 Å². The van der Waals surface area contributed by atoms with Crippen molar-refractivity contribution in [2.75, 3.05) is 18.4 Å². The Morgan fingerprint density at radius 3 is 2.08 bits per heavy atom. The fraction of sp³-hybridized carbons (Fsp3) is 0.556. The van der Waals surface area contributed by atoms with Gasteiger partial charge in [0.25, 0.3) is 5.91 Å². The van der Waals surface area contributed by atoms with Gasteiger partial charge in [-0.05, 0) is 44.0 Å². The quantitative estimate of drug-likeness (QED) is 0.873. The van der Waals surface area contributed by atoms with Crippen molar-refractivity contribution in [2.45, 2.75) is 45.6 Å². The van der Waals surface area contributed by atoms with E-state index in [0.717, 1.165) is 25.9 Å². The third-order valence-corrected chi connectivity index (χ3v) is 4.49. The number of anilines is 1. The molecule has 0 radical (unpaired) electrons. The van der Waals surface area contributed by atoms with E-state index in [1.807, 2.05) is 11.8 Å². The van der Waals surface area contributed by atoms with E-state index in [9.17, 15) is 9.59 Å². The van der Waals surface area contributed by atoms with Crippen molar-refractivity contribution in [1.29, 1.82) is 0 Å². The number of rotatable bonds is 4. The molecule has 1 fully saturated rings. The first kappa shape index (κ1) is 20.5. The van der Waals surface area contributed by atoms with Crippen molar-refractivity contribution in [3.63, 3.8) is 0 Å². The monoisotopic (exact) mass is 353 g/mol. The zero-order valence-corrected chi connectivity index (χ0v) is 15.3. The molecule has 0 bridgehead atoms. The second-order valence-electron chi connectivity index (χ2n) is 6.42. The van der Waals surface area contributed by atoms with E-state index in [1.54, 1.807) is 31.2 Å². The number of likely N-dealkylation sites (tertiary alicyclic amines) is 1. The Hall–Kier alpha value is -1.59. The summed E-state index contributed by atoms with van der Waals surface area (Å²) in [6.07, 6.45) is 4.56. The number of nitrogens with zero attached hydrogens (tertiary/aromatic N) is 1. The molecule has 0 aromatic heterocycles. The summed E-state index contributed by atoms with van der Waals surface area (Å²) in [6, 6.07) is 6.91. The molecular formula is C18H28ClN3O2. The van der Waals surface area contributed by atoms with E-state index in [4.69, 9.17) is 5.73 Å². The molecule has 1 aliphatic heterocycles. The van der Waals surface area contributed by atoms with Gasteiger partial charge in [-0.3, -0.25) is 9.59 Å². The van der Waals surface area contributed by atoms with Gasteiger partial charge in [-0.15, -0.1) is 12.4 Å². The number of benzene rings is 1. The molecule has 134 valence electrons. The molecule has 1 aliphatic rings. The normalized spacial score (nSPS) is 17.2. The SMILES string of the molecule is CC(N)C(C)C(=O)Nc1ccc(C(=O)N2CCCCCC2)cc1.Cl. The molecule has 2 atom stereocenters. The smallest absolute Gasteiger partial charge is 0.253 e. The average Bonchev–Trinajstić information content (AvgIpc) is 2.83. The maximum Gasteiger partial charge on any atom is 0.253 e. The van der Waals surface area contributed by atoms with Crippen LogP contribution in [-0.4, -0.2) is 35.8 Å². The summed E-state index contributed by atoms with van der Waals surface area (Å²) in [5, 5.41) is 2.83. The number of carbonyl (C=O) groups excluding carboxylic acids is 2. The molecule has 3 N–H and O–H groups in total. The standard InChI is InChI=1S/C18H27N3O2.ClH/c1-13(14(2)19)17(22)20-16-9-7-15(8-10-16)18(23)21-11-5-3-4-6-12-21;/h7-10,13-14H,3-6,11-12,19H2,1-2H3,(H,20,22);1H. The predicted molar refractivity (Wildman–Crippen MR) is 99.5 cm³/mol. The molecule has 0 spiro atoms. The Kier molecular flexibility index (Phi) is 8.22. The fourth-order valence-electron chi connectivity index (χ4n) is 2.65. The topological polar surface area (TPSA) is 75.4 Å². The van der Waals surface area contributed by atoms with Crippen molar-refractivity contribution in [3.05, 3.63) is 29.8 Å². The lowest BCUT2D eigenvalue weighted by Crippen LogP contribution is -2.34. The van der Waals surface area contributed by atoms with Crippen molar-refractivity contribution < 1.29 is 9.59 Å². The van der Waals surface area contributed by atoms with Gasteiger partial charge in [0.15, 0.2) is 0 Å². The summed E-state index contributed by atoms with van der Waals surface area (Å²) in [5.74, 6) is -0.284. The number of hydrogen-bond acceptors (Lipinski definition) is 3. The van der Waals surface area contributed by atoms with Gasteiger partial charge < -0.3 is 16.0 Å². The molecule has 1 saturated heterocycles. The molecule has 2 unspecified atom stereocenters. The van der Waals surface area contributed by atoms with Crippen LogP contribution in [0.25, 0.3) is 0 Å². The second kappa shape index (κ2) is 9.64. The number of nitrogens with two attached hydrogens (primary N) is 1. The van der Waals surface area contributed by atoms with Gasteiger partial charge in [0.1, 0.15) is 0 Å². The lowest BCUT2D eigenvalue weighted by molar-refractivity contribution is -0.119. The van der Waals surface area contributed by atoms with E-state index < -0.39 is 0 Å². The highest BCUT2D eigenvalue weighted by atomic mass is 35.5. The van der Waals surface area contributed by atoms with Crippen molar-refractivity contribution in [2.24, 2.45) is 11.7 Å². The Balaban J connectivity index is 0.00000288. The van der Waals surface area contributed by atoms with Gasteiger partial charge >= 0.3 is 0 Å². The van der Waals surface area contributed by atoms with Crippen molar-refractivity contribution in [3.8, 4) is 0 Å². The summed E-state index contributed by atoms with van der Waals surface area (Å²) in [5.41, 5.74) is 7.10. The number of amides is 2. The minimum Gasteiger partial charge on any atom is -0.339 e. The maximum absolute atomic E-state index is 12.5. The first-order chi connectivity index (χ1) is 11.0. The molecule has 2 amide bonds. The minimum absolute atomic E-state index is 0. The molecule has 2 rings (SSSR count). The first-order valence-electron chi connectivity index (χ1n) is 8.45. The first-order valence-corrected chi connectivity index (χ1v) is 8.45. The van der Waals surface area contributed by atoms with Crippen LogP contribution in [0.4, 0.5) is 5.69 Å². The number of hydrogen-bond donors (Lipinski definition) is 2. The van der Waals surface area contributed by atoms with Gasteiger partial charge in [0.2, 0.25) is 5.91 Å². The molecule has 0 saturated carbocycles. The minimum atomic E-state index is -0.256. The summed E-state index contributed by atoms with van der Waals surface area (Å²) < 4.78 is 0. The Bertz CT molecular complexity index is 538. The van der Waals surface area contributed by atoms with Crippen LogP contribution in [0.15, 0.2) is 24.3 Å². The molecular weight excluding hydrogens is 326 g/mol. The molecule has 1 aromatic rings. The molecule has 24 heavy (non-hydrogen) atoms. The van der Waals surface area contributed by atoms with Crippen LogP contribution in [0.2, 0.25) is 0 Å². The van der Waals surface area contributed by atoms with Crippen LogP contribution in [0.5, 0.6) is 0 Å². The van der Waals surface area contributed by atoms with Crippen LogP contribution in [0, 0.1) is 5.92 Å².